The van der Waals surface area contributed by atoms with Gasteiger partial charge in [0.05, 0.1) is 19.9 Å². The van der Waals surface area contributed by atoms with E-state index >= 15 is 0 Å². The van der Waals surface area contributed by atoms with Crippen molar-refractivity contribution in [1.82, 2.24) is 5.32 Å². The average molecular weight is 324 g/mol. The molecule has 0 unspecified atom stereocenters. The van der Waals surface area contributed by atoms with Crippen LogP contribution in [-0.4, -0.2) is 43.4 Å². The quantitative estimate of drug-likeness (QED) is 0.348. The highest BCUT2D eigenvalue weighted by Crippen LogP contribution is 2.27. The maximum absolute atomic E-state index is 11.5. The lowest BCUT2D eigenvalue weighted by atomic mass is 10.2. The molecule has 0 atom stereocenters. The molecule has 23 heavy (non-hydrogen) atoms. The van der Waals surface area contributed by atoms with Crippen LogP contribution in [-0.2, 0) is 4.74 Å². The third-order valence-electron chi connectivity index (χ3n) is 2.64. The number of alkyl carbamates (subject to hydrolysis) is 1. The van der Waals surface area contributed by atoms with Crippen molar-refractivity contribution >= 4 is 12.3 Å². The second kappa shape index (κ2) is 8.87. The van der Waals surface area contributed by atoms with Crippen LogP contribution in [0.25, 0.3) is 0 Å². The second-order valence-corrected chi connectivity index (χ2v) is 5.79. The number of hydrogen-bond acceptors (Lipinski definition) is 6. The Kier molecular flexibility index (Phi) is 7.18. The van der Waals surface area contributed by atoms with Crippen LogP contribution in [0, 0.1) is 0 Å². The van der Waals surface area contributed by atoms with Gasteiger partial charge in [-0.05, 0) is 45.4 Å². The lowest BCUT2D eigenvalue weighted by Crippen LogP contribution is -2.33. The summed E-state index contributed by atoms with van der Waals surface area (Å²) in [5, 5.41) is 14.2. The number of benzene rings is 1. The largest absolute Gasteiger partial charge is 0.493 e. The molecule has 7 heteroatoms. The molecule has 0 aromatic heterocycles. The predicted molar refractivity (Wildman–Crippen MR) is 86.7 cm³/mol. The Hall–Kier alpha value is -2.44. The number of nitrogens with zero attached hydrogens (tertiary/aromatic N) is 1. The van der Waals surface area contributed by atoms with Crippen LogP contribution in [0.2, 0.25) is 0 Å². The molecule has 1 aromatic carbocycles. The third kappa shape index (κ3) is 7.39. The molecule has 128 valence electrons. The molecule has 1 amide bonds. The number of carbonyl (C=O) groups is 1. The van der Waals surface area contributed by atoms with Crippen LogP contribution in [0.4, 0.5) is 4.79 Å². The van der Waals surface area contributed by atoms with E-state index in [0.717, 1.165) is 0 Å². The number of oxime groups is 1. The van der Waals surface area contributed by atoms with E-state index in [1.54, 1.807) is 25.3 Å². The van der Waals surface area contributed by atoms with Crippen molar-refractivity contribution < 1.29 is 24.2 Å². The Balaban J connectivity index is 2.40. The number of hydrogen-bond donors (Lipinski definition) is 2. The van der Waals surface area contributed by atoms with E-state index in [9.17, 15) is 4.79 Å². The van der Waals surface area contributed by atoms with Crippen molar-refractivity contribution in [3.8, 4) is 11.5 Å². The molecule has 1 rings (SSSR count). The number of methoxy groups -OCH3 is 1. The van der Waals surface area contributed by atoms with Crippen molar-refractivity contribution in [2.24, 2.45) is 5.16 Å². The first-order chi connectivity index (χ1) is 10.9. The Bertz CT molecular complexity index is 538. The minimum atomic E-state index is -0.511. The Labute approximate surface area is 136 Å². The first kappa shape index (κ1) is 18.6. The van der Waals surface area contributed by atoms with Gasteiger partial charge in [-0.25, -0.2) is 4.79 Å². The summed E-state index contributed by atoms with van der Waals surface area (Å²) in [6, 6.07) is 5.18. The van der Waals surface area contributed by atoms with Gasteiger partial charge in [-0.2, -0.15) is 0 Å². The molecule has 1 aromatic rings. The fraction of sp³-hybridized carbons (Fsp3) is 0.500. The van der Waals surface area contributed by atoms with Gasteiger partial charge in [-0.1, -0.05) is 5.16 Å². The minimum Gasteiger partial charge on any atom is -0.493 e. The summed E-state index contributed by atoms with van der Waals surface area (Å²) in [4.78, 5) is 11.5. The van der Waals surface area contributed by atoms with Gasteiger partial charge in [0.15, 0.2) is 11.5 Å². The van der Waals surface area contributed by atoms with E-state index in [-0.39, 0.29) is 0 Å². The molecule has 0 saturated heterocycles. The van der Waals surface area contributed by atoms with Gasteiger partial charge in [0, 0.05) is 12.1 Å². The number of nitrogens with one attached hydrogen (secondary N) is 1. The summed E-state index contributed by atoms with van der Waals surface area (Å²) >= 11 is 0. The normalized spacial score (nSPS) is 11.3. The summed E-state index contributed by atoms with van der Waals surface area (Å²) in [5.41, 5.74) is 0.179. The van der Waals surface area contributed by atoms with Crippen molar-refractivity contribution in [3.05, 3.63) is 23.8 Å². The molecule has 0 radical (unpaired) electrons. The van der Waals surface area contributed by atoms with Crippen LogP contribution in [0.3, 0.4) is 0 Å². The van der Waals surface area contributed by atoms with Gasteiger partial charge in [0.25, 0.3) is 0 Å². The Morgan fingerprint density at radius 1 is 1.35 bits per heavy atom. The monoisotopic (exact) mass is 324 g/mol. The third-order valence-corrected chi connectivity index (χ3v) is 2.64. The molecule has 0 spiro atoms. The molecular weight excluding hydrogens is 300 g/mol. The summed E-state index contributed by atoms with van der Waals surface area (Å²) in [6.07, 6.45) is 1.47. The smallest absolute Gasteiger partial charge is 0.407 e. The number of ether oxygens (including phenoxy) is 3. The topological polar surface area (TPSA) is 89.4 Å². The van der Waals surface area contributed by atoms with Crippen molar-refractivity contribution in [2.45, 2.75) is 32.8 Å². The zero-order chi connectivity index (χ0) is 17.3. The summed E-state index contributed by atoms with van der Waals surface area (Å²) in [5.74, 6) is 1.13. The van der Waals surface area contributed by atoms with Gasteiger partial charge in [0.2, 0.25) is 0 Å². The van der Waals surface area contributed by atoms with E-state index in [1.165, 1.54) is 6.21 Å². The lowest BCUT2D eigenvalue weighted by Gasteiger charge is -2.19. The highest BCUT2D eigenvalue weighted by atomic mass is 16.6. The van der Waals surface area contributed by atoms with E-state index in [0.29, 0.717) is 36.6 Å². The maximum atomic E-state index is 11.5. The fourth-order valence-electron chi connectivity index (χ4n) is 1.71. The first-order valence-electron chi connectivity index (χ1n) is 7.31. The summed E-state index contributed by atoms with van der Waals surface area (Å²) < 4.78 is 16.0. The zero-order valence-electron chi connectivity index (χ0n) is 14.0. The van der Waals surface area contributed by atoms with Gasteiger partial charge < -0.3 is 24.7 Å². The molecule has 7 nitrogen and oxygen atoms in total. The van der Waals surface area contributed by atoms with Crippen molar-refractivity contribution in [3.63, 3.8) is 0 Å². The summed E-state index contributed by atoms with van der Waals surface area (Å²) in [6.45, 7) is 6.26. The number of amides is 1. The number of carbonyl (C=O) groups excluding carboxylic acids is 1. The predicted octanol–water partition coefficient (Wildman–Crippen LogP) is 2.80. The SMILES string of the molecule is COc1ccc(/C=N/O)cc1OCCCNC(=O)OC(C)(C)C. The van der Waals surface area contributed by atoms with Gasteiger partial charge in [0.1, 0.15) is 5.60 Å². The molecule has 0 fully saturated rings. The van der Waals surface area contributed by atoms with Gasteiger partial charge in [-0.3, -0.25) is 0 Å². The second-order valence-electron chi connectivity index (χ2n) is 5.79. The van der Waals surface area contributed by atoms with E-state index in [4.69, 9.17) is 19.4 Å². The van der Waals surface area contributed by atoms with Crippen LogP contribution in [0.5, 0.6) is 11.5 Å². The molecule has 2 N–H and O–H groups in total. The fourth-order valence-corrected chi connectivity index (χ4v) is 1.71. The van der Waals surface area contributed by atoms with E-state index < -0.39 is 11.7 Å². The molecule has 0 heterocycles. The van der Waals surface area contributed by atoms with Crippen LogP contribution < -0.4 is 14.8 Å². The van der Waals surface area contributed by atoms with Crippen molar-refractivity contribution in [1.29, 1.82) is 0 Å². The van der Waals surface area contributed by atoms with Crippen LogP contribution in [0.1, 0.15) is 32.8 Å². The molecule has 0 saturated carbocycles. The molecular formula is C16H24N2O5. The molecule has 0 bridgehead atoms. The standard InChI is InChI=1S/C16H24N2O5/c1-16(2,3)23-15(19)17-8-5-9-22-14-10-12(11-18-20)6-7-13(14)21-4/h6-7,10-11,20H,5,8-9H2,1-4H3,(H,17,19)/b18-11+. The van der Waals surface area contributed by atoms with Crippen molar-refractivity contribution in [2.75, 3.05) is 20.3 Å². The minimum absolute atomic E-state index is 0.395. The van der Waals surface area contributed by atoms with Crippen LogP contribution >= 0.6 is 0 Å². The van der Waals surface area contributed by atoms with E-state index in [1.807, 2.05) is 20.8 Å². The number of rotatable bonds is 7. The highest BCUT2D eigenvalue weighted by molar-refractivity contribution is 5.80. The zero-order valence-corrected chi connectivity index (χ0v) is 14.0. The summed E-state index contributed by atoms with van der Waals surface area (Å²) in [7, 11) is 1.55. The molecule has 0 aliphatic heterocycles. The maximum Gasteiger partial charge on any atom is 0.407 e. The average Bonchev–Trinajstić information content (AvgIpc) is 2.45. The van der Waals surface area contributed by atoms with Crippen LogP contribution in [0.15, 0.2) is 23.4 Å². The molecule has 0 aliphatic rings. The Morgan fingerprint density at radius 3 is 2.70 bits per heavy atom. The Morgan fingerprint density at radius 2 is 2.09 bits per heavy atom. The molecule has 0 aliphatic carbocycles. The highest BCUT2D eigenvalue weighted by Gasteiger charge is 2.15. The van der Waals surface area contributed by atoms with Gasteiger partial charge in [-0.15, -0.1) is 0 Å². The van der Waals surface area contributed by atoms with Gasteiger partial charge >= 0.3 is 6.09 Å². The van der Waals surface area contributed by atoms with E-state index in [2.05, 4.69) is 10.5 Å². The lowest BCUT2D eigenvalue weighted by molar-refractivity contribution is 0.0525. The first-order valence-corrected chi connectivity index (χ1v) is 7.31.